The lowest BCUT2D eigenvalue weighted by Gasteiger charge is -2.24. The average molecular weight is 509 g/mol. The first-order valence-electron chi connectivity index (χ1n) is 13.5. The van der Waals surface area contributed by atoms with E-state index in [2.05, 4.69) is 35.0 Å². The van der Waals surface area contributed by atoms with Crippen molar-refractivity contribution in [2.24, 2.45) is 0 Å². The number of rotatable bonds is 8. The largest absolute Gasteiger partial charge is 0.494 e. The Hall–Kier alpha value is -4.13. The molecule has 1 aliphatic carbocycles. The van der Waals surface area contributed by atoms with Gasteiger partial charge in [-0.25, -0.2) is 4.98 Å². The van der Waals surface area contributed by atoms with Gasteiger partial charge in [0, 0.05) is 24.3 Å². The number of benzene rings is 2. The van der Waals surface area contributed by atoms with Crippen molar-refractivity contribution in [1.82, 2.24) is 14.3 Å². The lowest BCUT2D eigenvalue weighted by Crippen LogP contribution is -2.31. The predicted molar refractivity (Wildman–Crippen MR) is 148 cm³/mol. The van der Waals surface area contributed by atoms with Crippen LogP contribution in [0.2, 0.25) is 0 Å². The number of amides is 2. The maximum Gasteiger partial charge on any atom is 0.261 e. The summed E-state index contributed by atoms with van der Waals surface area (Å²) in [7, 11) is 0. The Labute approximate surface area is 222 Å². The van der Waals surface area contributed by atoms with Crippen LogP contribution in [-0.2, 0) is 0 Å². The molecule has 194 valence electrons. The maximum atomic E-state index is 12.5. The monoisotopic (exact) mass is 508 g/mol. The van der Waals surface area contributed by atoms with Gasteiger partial charge in [0.2, 0.25) is 0 Å². The van der Waals surface area contributed by atoms with Crippen molar-refractivity contribution >= 4 is 23.3 Å². The summed E-state index contributed by atoms with van der Waals surface area (Å²) >= 11 is 0. The van der Waals surface area contributed by atoms with Crippen LogP contribution in [0.15, 0.2) is 66.9 Å². The van der Waals surface area contributed by atoms with Crippen molar-refractivity contribution in [2.45, 2.75) is 51.5 Å². The van der Waals surface area contributed by atoms with Crippen LogP contribution in [0.1, 0.15) is 64.8 Å². The molecule has 1 aliphatic heterocycles. The third-order valence-electron chi connectivity index (χ3n) is 7.51. The molecule has 7 nitrogen and oxygen atoms in total. The van der Waals surface area contributed by atoms with Gasteiger partial charge in [0.1, 0.15) is 22.9 Å². The molecule has 2 aromatic heterocycles. The maximum absolute atomic E-state index is 12.5. The first-order valence-corrected chi connectivity index (χ1v) is 13.5. The quantitative estimate of drug-likeness (QED) is 0.229. The van der Waals surface area contributed by atoms with Crippen LogP contribution in [0.3, 0.4) is 0 Å². The second kappa shape index (κ2) is 10.3. The Bertz CT molecular complexity index is 1450. The van der Waals surface area contributed by atoms with E-state index in [9.17, 15) is 9.59 Å². The number of fused-ring (bicyclic) bond motifs is 2. The van der Waals surface area contributed by atoms with E-state index in [1.54, 1.807) is 24.3 Å². The fraction of sp³-hybridized carbons (Fsp3) is 0.323. The summed E-state index contributed by atoms with van der Waals surface area (Å²) in [5.74, 6) is 1.34. The van der Waals surface area contributed by atoms with Crippen LogP contribution >= 0.6 is 0 Å². The van der Waals surface area contributed by atoms with E-state index in [4.69, 9.17) is 9.72 Å². The molecule has 0 saturated heterocycles. The molecule has 1 fully saturated rings. The number of carbonyl (C=O) groups is 2. The SMILES string of the molecule is Cc1ccc2nc(-c3ccc(OCCCN4C(=O)c5ccccc5C4=O)cc3)c(NC3CCCCC3)n2c1. The molecule has 0 unspecified atom stereocenters. The number of pyridine rings is 1. The fourth-order valence-electron chi connectivity index (χ4n) is 5.49. The molecule has 6 rings (SSSR count). The zero-order valence-electron chi connectivity index (χ0n) is 21.7. The first-order chi connectivity index (χ1) is 18.6. The van der Waals surface area contributed by atoms with E-state index in [0.717, 1.165) is 28.5 Å². The summed E-state index contributed by atoms with van der Waals surface area (Å²) in [6.45, 7) is 2.85. The molecular weight excluding hydrogens is 476 g/mol. The van der Waals surface area contributed by atoms with E-state index >= 15 is 0 Å². The van der Waals surface area contributed by atoms with Gasteiger partial charge in [-0.3, -0.25) is 18.9 Å². The smallest absolute Gasteiger partial charge is 0.261 e. The Morgan fingerprint density at radius 3 is 2.34 bits per heavy atom. The average Bonchev–Trinajstić information content (AvgIpc) is 3.42. The Kier molecular flexibility index (Phi) is 6.58. The molecule has 3 heterocycles. The minimum Gasteiger partial charge on any atom is -0.494 e. The van der Waals surface area contributed by atoms with Crippen molar-refractivity contribution < 1.29 is 14.3 Å². The third kappa shape index (κ3) is 4.64. The molecule has 4 aromatic rings. The van der Waals surface area contributed by atoms with Gasteiger partial charge < -0.3 is 10.1 Å². The van der Waals surface area contributed by atoms with Gasteiger partial charge in [-0.2, -0.15) is 0 Å². The van der Waals surface area contributed by atoms with Gasteiger partial charge in [0.25, 0.3) is 11.8 Å². The molecule has 7 heteroatoms. The second-order valence-electron chi connectivity index (χ2n) is 10.3. The molecule has 0 bridgehead atoms. The molecule has 0 radical (unpaired) electrons. The fourth-order valence-corrected chi connectivity index (χ4v) is 5.49. The van der Waals surface area contributed by atoms with E-state index in [0.29, 0.717) is 36.7 Å². The number of hydrogen-bond acceptors (Lipinski definition) is 5. The minimum atomic E-state index is -0.227. The number of hydrogen-bond donors (Lipinski definition) is 1. The number of ether oxygens (including phenoxy) is 1. The number of aromatic nitrogens is 2. The standard InChI is InChI=1S/C31H32N4O3/c1-21-12-17-27-33-28(29(35(27)20-21)32-23-8-3-2-4-9-23)22-13-15-24(16-14-22)38-19-7-18-34-30(36)25-10-5-6-11-26(25)31(34)37/h5-6,10-17,20,23,32H,2-4,7-9,18-19H2,1H3. The molecule has 0 spiro atoms. The topological polar surface area (TPSA) is 75.9 Å². The molecule has 2 aliphatic rings. The van der Waals surface area contributed by atoms with Crippen molar-refractivity contribution in [2.75, 3.05) is 18.5 Å². The summed E-state index contributed by atoms with van der Waals surface area (Å²) in [6, 6.07) is 19.6. The summed E-state index contributed by atoms with van der Waals surface area (Å²) in [5, 5.41) is 3.80. The highest BCUT2D eigenvalue weighted by Crippen LogP contribution is 2.33. The van der Waals surface area contributed by atoms with E-state index in [-0.39, 0.29) is 11.8 Å². The highest BCUT2D eigenvalue weighted by atomic mass is 16.5. The van der Waals surface area contributed by atoms with Gasteiger partial charge >= 0.3 is 0 Å². The molecule has 2 aromatic carbocycles. The van der Waals surface area contributed by atoms with Crippen molar-refractivity contribution in [1.29, 1.82) is 0 Å². The van der Waals surface area contributed by atoms with Crippen LogP contribution < -0.4 is 10.1 Å². The summed E-state index contributed by atoms with van der Waals surface area (Å²) in [6.07, 6.45) is 8.93. The Morgan fingerprint density at radius 2 is 1.63 bits per heavy atom. The van der Waals surface area contributed by atoms with E-state index in [1.165, 1.54) is 42.6 Å². The zero-order valence-corrected chi connectivity index (χ0v) is 21.7. The van der Waals surface area contributed by atoms with Crippen LogP contribution in [0.25, 0.3) is 16.9 Å². The number of anilines is 1. The van der Waals surface area contributed by atoms with Crippen LogP contribution in [-0.4, -0.2) is 45.3 Å². The number of carbonyl (C=O) groups excluding carboxylic acids is 2. The summed E-state index contributed by atoms with van der Waals surface area (Å²) < 4.78 is 8.11. The minimum absolute atomic E-state index is 0.227. The summed E-state index contributed by atoms with van der Waals surface area (Å²) in [5.41, 5.74) is 5.05. The highest BCUT2D eigenvalue weighted by Gasteiger charge is 2.34. The van der Waals surface area contributed by atoms with Gasteiger partial charge in [-0.1, -0.05) is 37.5 Å². The number of aryl methyl sites for hydroxylation is 1. The highest BCUT2D eigenvalue weighted by molar-refractivity contribution is 6.21. The number of imide groups is 1. The Balaban J connectivity index is 1.12. The van der Waals surface area contributed by atoms with Crippen LogP contribution in [0, 0.1) is 6.92 Å². The number of nitrogens with zero attached hydrogens (tertiary/aromatic N) is 3. The molecule has 0 atom stereocenters. The van der Waals surface area contributed by atoms with Gasteiger partial charge in [0.15, 0.2) is 0 Å². The van der Waals surface area contributed by atoms with Crippen LogP contribution in [0.5, 0.6) is 5.75 Å². The third-order valence-corrected chi connectivity index (χ3v) is 7.51. The van der Waals surface area contributed by atoms with Gasteiger partial charge in [0.05, 0.1) is 17.7 Å². The molecular formula is C31H32N4O3. The molecule has 1 N–H and O–H groups in total. The van der Waals surface area contributed by atoms with Crippen LogP contribution in [0.4, 0.5) is 5.82 Å². The molecule has 1 saturated carbocycles. The van der Waals surface area contributed by atoms with E-state index in [1.807, 2.05) is 24.3 Å². The lowest BCUT2D eigenvalue weighted by atomic mass is 9.95. The Morgan fingerprint density at radius 1 is 0.921 bits per heavy atom. The van der Waals surface area contributed by atoms with E-state index < -0.39 is 0 Å². The second-order valence-corrected chi connectivity index (χ2v) is 10.3. The molecule has 38 heavy (non-hydrogen) atoms. The van der Waals surface area contributed by atoms with Crippen molar-refractivity contribution in [3.63, 3.8) is 0 Å². The summed E-state index contributed by atoms with van der Waals surface area (Å²) in [4.78, 5) is 31.3. The zero-order chi connectivity index (χ0) is 26.1. The predicted octanol–water partition coefficient (Wildman–Crippen LogP) is 6.12. The van der Waals surface area contributed by atoms with Crippen molar-refractivity contribution in [3.8, 4) is 17.0 Å². The lowest BCUT2D eigenvalue weighted by molar-refractivity contribution is 0.0646. The number of imidazole rings is 1. The number of nitrogens with one attached hydrogen (secondary N) is 1. The van der Waals surface area contributed by atoms with Crippen molar-refractivity contribution in [3.05, 3.63) is 83.6 Å². The molecule has 2 amide bonds. The van der Waals surface area contributed by atoms with Gasteiger partial charge in [-0.15, -0.1) is 0 Å². The normalized spacial score (nSPS) is 15.8. The van der Waals surface area contributed by atoms with Gasteiger partial charge in [-0.05, 0) is 74.2 Å². The first kappa shape index (κ1) is 24.2.